The van der Waals surface area contributed by atoms with Gasteiger partial charge in [-0.15, -0.1) is 0 Å². The first-order valence-corrected chi connectivity index (χ1v) is 9.05. The fourth-order valence-corrected chi connectivity index (χ4v) is 2.70. The molecule has 0 unspecified atom stereocenters. The van der Waals surface area contributed by atoms with Crippen LogP contribution in [0.15, 0.2) is 77.9 Å². The fraction of sp³-hybridized carbons (Fsp3) is 0.0952. The number of rotatable bonds is 8. The smallest absolute Gasteiger partial charge is 0.301 e. The van der Waals surface area contributed by atoms with Crippen LogP contribution in [0, 0.1) is 27.2 Å². The zero-order valence-corrected chi connectivity index (χ0v) is 16.1. The van der Waals surface area contributed by atoms with Crippen molar-refractivity contribution in [3.8, 4) is 0 Å². The molecule has 0 radical (unpaired) electrons. The first-order valence-electron chi connectivity index (χ1n) is 9.05. The molecule has 0 aliphatic carbocycles. The Balaban J connectivity index is 1.87. The lowest BCUT2D eigenvalue weighted by Crippen LogP contribution is -2.17. The Morgan fingerprint density at radius 1 is 0.933 bits per heavy atom. The first-order chi connectivity index (χ1) is 14.4. The van der Waals surface area contributed by atoms with Crippen molar-refractivity contribution in [3.63, 3.8) is 0 Å². The quantitative estimate of drug-likeness (QED) is 0.317. The van der Waals surface area contributed by atoms with E-state index in [0.717, 1.165) is 22.9 Å². The van der Waals surface area contributed by atoms with Crippen LogP contribution in [-0.2, 0) is 0 Å². The van der Waals surface area contributed by atoms with E-state index >= 15 is 0 Å². The lowest BCUT2D eigenvalue weighted by Gasteiger charge is -2.11. The van der Waals surface area contributed by atoms with E-state index in [1.807, 2.05) is 61.5 Å². The Bertz CT molecular complexity index is 1080. The number of nitrogens with zero attached hydrogens (tertiary/aromatic N) is 3. The standard InChI is InChI=1S/C21H19N5O4/c1-15-7-9-17(10-8-15)22-14-20(16-5-3-2-4-6-16)24-23-19-12-11-18(25(27)28)13-21(19)26(29)30/h2-13,22-23H,14H2,1H3. The Hall–Kier alpha value is -4.27. The van der Waals surface area contributed by atoms with E-state index in [2.05, 4.69) is 15.8 Å². The molecule has 9 nitrogen and oxygen atoms in total. The predicted molar refractivity (Wildman–Crippen MR) is 116 cm³/mol. The van der Waals surface area contributed by atoms with Gasteiger partial charge in [0.2, 0.25) is 0 Å². The van der Waals surface area contributed by atoms with Crippen LogP contribution in [0.3, 0.4) is 0 Å². The first kappa shape index (κ1) is 20.5. The van der Waals surface area contributed by atoms with Crippen molar-refractivity contribution >= 4 is 28.5 Å². The number of aryl methyl sites for hydroxylation is 1. The Morgan fingerprint density at radius 3 is 2.27 bits per heavy atom. The van der Waals surface area contributed by atoms with Gasteiger partial charge in [0.1, 0.15) is 5.69 Å². The average molecular weight is 405 g/mol. The molecular weight excluding hydrogens is 386 g/mol. The van der Waals surface area contributed by atoms with Gasteiger partial charge in [-0.3, -0.25) is 25.7 Å². The van der Waals surface area contributed by atoms with Gasteiger partial charge in [0, 0.05) is 11.8 Å². The summed E-state index contributed by atoms with van der Waals surface area (Å²) < 4.78 is 0. The van der Waals surface area contributed by atoms with E-state index in [4.69, 9.17) is 0 Å². The van der Waals surface area contributed by atoms with Gasteiger partial charge < -0.3 is 5.32 Å². The van der Waals surface area contributed by atoms with E-state index in [9.17, 15) is 20.2 Å². The molecule has 3 rings (SSSR count). The van der Waals surface area contributed by atoms with Gasteiger partial charge in [0.15, 0.2) is 0 Å². The molecule has 0 atom stereocenters. The molecule has 9 heteroatoms. The van der Waals surface area contributed by atoms with E-state index in [0.29, 0.717) is 12.3 Å². The summed E-state index contributed by atoms with van der Waals surface area (Å²) in [6, 6.07) is 20.6. The van der Waals surface area contributed by atoms with Crippen LogP contribution in [0.5, 0.6) is 0 Å². The molecule has 3 aromatic rings. The Morgan fingerprint density at radius 2 is 1.63 bits per heavy atom. The van der Waals surface area contributed by atoms with Gasteiger partial charge in [0.05, 0.1) is 28.2 Å². The van der Waals surface area contributed by atoms with E-state index in [-0.39, 0.29) is 11.4 Å². The molecule has 152 valence electrons. The van der Waals surface area contributed by atoms with Crippen LogP contribution in [0.2, 0.25) is 0 Å². The van der Waals surface area contributed by atoms with Crippen molar-refractivity contribution in [1.29, 1.82) is 0 Å². The van der Waals surface area contributed by atoms with Crippen molar-refractivity contribution in [3.05, 3.63) is 104 Å². The summed E-state index contributed by atoms with van der Waals surface area (Å²) >= 11 is 0. The maximum Gasteiger partial charge on any atom is 0.301 e. The molecule has 0 saturated heterocycles. The number of anilines is 2. The third kappa shape index (κ3) is 5.16. The molecule has 3 aromatic carbocycles. The SMILES string of the molecule is Cc1ccc(NCC(=NNc2ccc([N+](=O)[O-])cc2[N+](=O)[O-])c2ccccc2)cc1. The minimum absolute atomic E-state index is 0.0642. The van der Waals surface area contributed by atoms with E-state index < -0.39 is 15.5 Å². The van der Waals surface area contributed by atoms with Gasteiger partial charge in [0.25, 0.3) is 5.69 Å². The number of nitro benzene ring substituents is 2. The molecule has 0 aromatic heterocycles. The maximum absolute atomic E-state index is 11.3. The predicted octanol–water partition coefficient (Wildman–Crippen LogP) is 4.74. The highest BCUT2D eigenvalue weighted by molar-refractivity contribution is 6.03. The lowest BCUT2D eigenvalue weighted by molar-refractivity contribution is -0.393. The highest BCUT2D eigenvalue weighted by Gasteiger charge is 2.19. The topological polar surface area (TPSA) is 123 Å². The summed E-state index contributed by atoms with van der Waals surface area (Å²) in [6.45, 7) is 2.36. The largest absolute Gasteiger partial charge is 0.379 e. The Kier molecular flexibility index (Phi) is 6.33. The summed E-state index contributed by atoms with van der Waals surface area (Å²) in [6.07, 6.45) is 0. The number of non-ortho nitro benzene ring substituents is 1. The fourth-order valence-electron chi connectivity index (χ4n) is 2.70. The van der Waals surface area contributed by atoms with Crippen LogP contribution >= 0.6 is 0 Å². The molecule has 0 heterocycles. The summed E-state index contributed by atoms with van der Waals surface area (Å²) in [5.41, 5.74) is 5.46. The van der Waals surface area contributed by atoms with Crippen LogP contribution < -0.4 is 10.7 Å². The van der Waals surface area contributed by atoms with Crippen LogP contribution in [0.1, 0.15) is 11.1 Å². The number of hydrogen-bond acceptors (Lipinski definition) is 7. The highest BCUT2D eigenvalue weighted by atomic mass is 16.6. The molecule has 0 aliphatic heterocycles. The number of nitro groups is 2. The number of benzene rings is 3. The monoisotopic (exact) mass is 405 g/mol. The molecule has 0 bridgehead atoms. The molecule has 30 heavy (non-hydrogen) atoms. The number of hydrogen-bond donors (Lipinski definition) is 2. The van der Waals surface area contributed by atoms with Crippen molar-refractivity contribution in [2.24, 2.45) is 5.10 Å². The molecule has 0 aliphatic rings. The molecule has 0 saturated carbocycles. The normalized spacial score (nSPS) is 11.0. The lowest BCUT2D eigenvalue weighted by atomic mass is 10.1. The van der Waals surface area contributed by atoms with E-state index in [1.54, 1.807) is 0 Å². The summed E-state index contributed by atoms with van der Waals surface area (Å²) in [5.74, 6) is 0. The van der Waals surface area contributed by atoms with Crippen LogP contribution in [0.25, 0.3) is 0 Å². The third-order valence-electron chi connectivity index (χ3n) is 4.32. The average Bonchev–Trinajstić information content (AvgIpc) is 2.75. The summed E-state index contributed by atoms with van der Waals surface area (Å²) in [4.78, 5) is 20.9. The van der Waals surface area contributed by atoms with Crippen molar-refractivity contribution in [1.82, 2.24) is 0 Å². The second kappa shape index (κ2) is 9.28. The van der Waals surface area contributed by atoms with Crippen molar-refractivity contribution in [2.75, 3.05) is 17.3 Å². The number of hydrazone groups is 1. The van der Waals surface area contributed by atoms with Crippen LogP contribution in [-0.4, -0.2) is 22.1 Å². The maximum atomic E-state index is 11.3. The zero-order chi connectivity index (χ0) is 21.5. The van der Waals surface area contributed by atoms with Crippen molar-refractivity contribution in [2.45, 2.75) is 6.92 Å². The van der Waals surface area contributed by atoms with Gasteiger partial charge in [-0.1, -0.05) is 48.0 Å². The van der Waals surface area contributed by atoms with Gasteiger partial charge in [-0.25, -0.2) is 0 Å². The molecule has 2 N–H and O–H groups in total. The molecule has 0 fully saturated rings. The molecular formula is C21H19N5O4. The van der Waals surface area contributed by atoms with Crippen LogP contribution in [0.4, 0.5) is 22.7 Å². The highest BCUT2D eigenvalue weighted by Crippen LogP contribution is 2.29. The van der Waals surface area contributed by atoms with Crippen molar-refractivity contribution < 1.29 is 9.85 Å². The molecule has 0 amide bonds. The van der Waals surface area contributed by atoms with Gasteiger partial charge >= 0.3 is 5.69 Å². The third-order valence-corrected chi connectivity index (χ3v) is 4.32. The number of nitrogens with one attached hydrogen (secondary N) is 2. The zero-order valence-electron chi connectivity index (χ0n) is 16.1. The van der Waals surface area contributed by atoms with Gasteiger partial charge in [-0.05, 0) is 30.7 Å². The second-order valence-corrected chi connectivity index (χ2v) is 6.47. The minimum atomic E-state index is -0.683. The van der Waals surface area contributed by atoms with Gasteiger partial charge in [-0.2, -0.15) is 5.10 Å². The minimum Gasteiger partial charge on any atom is -0.379 e. The molecule has 0 spiro atoms. The van der Waals surface area contributed by atoms with E-state index in [1.165, 1.54) is 12.1 Å². The second-order valence-electron chi connectivity index (χ2n) is 6.47. The summed E-state index contributed by atoms with van der Waals surface area (Å²) in [7, 11) is 0. The Labute approximate surface area is 172 Å². The summed E-state index contributed by atoms with van der Waals surface area (Å²) in [5, 5.41) is 29.9.